The van der Waals surface area contributed by atoms with Crippen LogP contribution >= 0.6 is 7.82 Å². The van der Waals surface area contributed by atoms with Crippen molar-refractivity contribution in [2.24, 2.45) is 0 Å². The van der Waals surface area contributed by atoms with E-state index in [4.69, 9.17) is 9.79 Å². The fourth-order valence-corrected chi connectivity index (χ4v) is 6.80. The molecule has 0 spiro atoms. The van der Waals surface area contributed by atoms with E-state index in [0.29, 0.717) is 19.3 Å². The standard InChI is InChI=1S/C38H78NO7P/c1-3-5-7-9-11-13-15-17-18-19-20-22-24-26-28-30-32-34-36(41)39-37(38(42)46-47(43,44)45)35(40)33-31-29-27-25-23-21-16-14-12-10-8-6-4-2/h35,37-38,40,42H,3-34H2,1-2H3,(H,39,41)(H2,43,44,45)/t35-,37+,38?/m1/s1. The molecule has 0 aliphatic rings. The highest BCUT2D eigenvalue weighted by Gasteiger charge is 2.33. The Morgan fingerprint density at radius 1 is 0.532 bits per heavy atom. The van der Waals surface area contributed by atoms with Gasteiger partial charge in [0.15, 0.2) is 6.29 Å². The van der Waals surface area contributed by atoms with Crippen molar-refractivity contribution >= 4 is 13.7 Å². The number of carbonyl (C=O) groups is 1. The number of unbranched alkanes of at least 4 members (excludes halogenated alkanes) is 28. The normalized spacial score (nSPS) is 13.9. The number of phosphoric acid groups is 1. The molecule has 1 unspecified atom stereocenters. The summed E-state index contributed by atoms with van der Waals surface area (Å²) in [5.41, 5.74) is 0. The molecule has 0 aromatic heterocycles. The summed E-state index contributed by atoms with van der Waals surface area (Å²) in [6.45, 7) is 4.50. The molecule has 0 heterocycles. The average Bonchev–Trinajstić information content (AvgIpc) is 3.02. The number of phosphoric ester groups is 1. The third-order valence-electron chi connectivity index (χ3n) is 9.41. The quantitative estimate of drug-likeness (QED) is 0.0248. The minimum atomic E-state index is -4.99. The van der Waals surface area contributed by atoms with Crippen molar-refractivity contribution < 1.29 is 33.9 Å². The number of aliphatic hydroxyl groups excluding tert-OH is 2. The van der Waals surface area contributed by atoms with Gasteiger partial charge >= 0.3 is 7.82 Å². The smallest absolute Gasteiger partial charge is 0.391 e. The fourth-order valence-electron chi connectivity index (χ4n) is 6.38. The first-order valence-electron chi connectivity index (χ1n) is 20.1. The molecule has 0 bridgehead atoms. The molecule has 282 valence electrons. The van der Waals surface area contributed by atoms with Gasteiger partial charge in [0.05, 0.1) is 6.10 Å². The van der Waals surface area contributed by atoms with Crippen LogP contribution in [0.3, 0.4) is 0 Å². The van der Waals surface area contributed by atoms with Crippen molar-refractivity contribution in [3.63, 3.8) is 0 Å². The molecule has 0 aliphatic carbocycles. The summed E-state index contributed by atoms with van der Waals surface area (Å²) in [4.78, 5) is 30.9. The largest absolute Gasteiger partial charge is 0.471 e. The lowest BCUT2D eigenvalue weighted by molar-refractivity contribution is -0.131. The van der Waals surface area contributed by atoms with Crippen LogP contribution in [0.25, 0.3) is 0 Å². The second-order valence-electron chi connectivity index (χ2n) is 14.1. The molecule has 5 N–H and O–H groups in total. The third kappa shape index (κ3) is 33.8. The number of nitrogens with one attached hydrogen (secondary N) is 1. The molecule has 0 aromatic carbocycles. The second-order valence-corrected chi connectivity index (χ2v) is 15.3. The van der Waals surface area contributed by atoms with Gasteiger partial charge in [-0.1, -0.05) is 200 Å². The van der Waals surface area contributed by atoms with Crippen LogP contribution < -0.4 is 5.32 Å². The van der Waals surface area contributed by atoms with E-state index in [1.165, 1.54) is 141 Å². The molecule has 0 aromatic rings. The van der Waals surface area contributed by atoms with Crippen molar-refractivity contribution in [3.05, 3.63) is 0 Å². The number of rotatable bonds is 37. The van der Waals surface area contributed by atoms with E-state index in [0.717, 1.165) is 38.5 Å². The van der Waals surface area contributed by atoms with Crippen molar-refractivity contribution in [3.8, 4) is 0 Å². The highest BCUT2D eigenvalue weighted by molar-refractivity contribution is 7.46. The highest BCUT2D eigenvalue weighted by atomic mass is 31.2. The number of aliphatic hydroxyl groups is 2. The molecular formula is C38H78NO7P. The molecule has 9 heteroatoms. The third-order valence-corrected chi connectivity index (χ3v) is 9.90. The molecule has 3 atom stereocenters. The van der Waals surface area contributed by atoms with Crippen molar-refractivity contribution in [2.45, 2.75) is 238 Å². The molecule has 0 aliphatic heterocycles. The molecule has 0 fully saturated rings. The topological polar surface area (TPSA) is 136 Å². The van der Waals surface area contributed by atoms with Gasteiger partial charge in [0, 0.05) is 6.42 Å². The van der Waals surface area contributed by atoms with E-state index in [2.05, 4.69) is 23.7 Å². The predicted octanol–water partition coefficient (Wildman–Crippen LogP) is 10.8. The number of amides is 1. The molecule has 0 radical (unpaired) electrons. The maximum Gasteiger partial charge on any atom is 0.471 e. The molecule has 47 heavy (non-hydrogen) atoms. The Morgan fingerprint density at radius 3 is 1.15 bits per heavy atom. The zero-order valence-corrected chi connectivity index (χ0v) is 31.7. The molecule has 0 saturated carbocycles. The zero-order valence-electron chi connectivity index (χ0n) is 30.8. The Kier molecular flexibility index (Phi) is 33.6. The van der Waals surface area contributed by atoms with Crippen LogP contribution in [0.2, 0.25) is 0 Å². The SMILES string of the molecule is CCCCCCCCCCCCCCCCCCCC(=O)N[C@H](C(O)OP(=O)(O)O)[C@H](O)CCCCCCCCCCCCCCC. The molecular weight excluding hydrogens is 613 g/mol. The van der Waals surface area contributed by atoms with Crippen LogP contribution in [-0.4, -0.2) is 44.3 Å². The number of carbonyl (C=O) groups excluding carboxylic acids is 1. The van der Waals surface area contributed by atoms with Gasteiger partial charge in [-0.05, 0) is 12.8 Å². The monoisotopic (exact) mass is 692 g/mol. The first-order valence-corrected chi connectivity index (χ1v) is 21.6. The van der Waals surface area contributed by atoms with Gasteiger partial charge in [0.2, 0.25) is 5.91 Å². The van der Waals surface area contributed by atoms with E-state index in [1.807, 2.05) is 0 Å². The summed E-state index contributed by atoms with van der Waals surface area (Å²) in [7, 11) is -4.99. The minimum absolute atomic E-state index is 0.239. The maximum absolute atomic E-state index is 12.6. The molecule has 1 amide bonds. The van der Waals surface area contributed by atoms with Crippen molar-refractivity contribution in [2.75, 3.05) is 0 Å². The fraction of sp³-hybridized carbons (Fsp3) is 0.974. The van der Waals surface area contributed by atoms with E-state index in [1.54, 1.807) is 0 Å². The van der Waals surface area contributed by atoms with Crippen LogP contribution in [0.1, 0.15) is 219 Å². The van der Waals surface area contributed by atoms with Crippen LogP contribution in [0, 0.1) is 0 Å². The maximum atomic E-state index is 12.6. The van der Waals surface area contributed by atoms with Gasteiger partial charge in [0.25, 0.3) is 0 Å². The van der Waals surface area contributed by atoms with Crippen LogP contribution in [0.4, 0.5) is 0 Å². The molecule has 8 nitrogen and oxygen atoms in total. The first-order chi connectivity index (χ1) is 22.7. The molecule has 0 saturated heterocycles. The van der Waals surface area contributed by atoms with E-state index in [-0.39, 0.29) is 12.3 Å². The van der Waals surface area contributed by atoms with Gasteiger partial charge < -0.3 is 25.3 Å². The van der Waals surface area contributed by atoms with Gasteiger partial charge in [0.1, 0.15) is 6.04 Å². The lowest BCUT2D eigenvalue weighted by atomic mass is 10.0. The lowest BCUT2D eigenvalue weighted by Gasteiger charge is -2.28. The van der Waals surface area contributed by atoms with Gasteiger partial charge in [-0.25, -0.2) is 4.57 Å². The van der Waals surface area contributed by atoms with Crippen molar-refractivity contribution in [1.29, 1.82) is 0 Å². The van der Waals surface area contributed by atoms with E-state index >= 15 is 0 Å². The Morgan fingerprint density at radius 2 is 0.830 bits per heavy atom. The summed E-state index contributed by atoms with van der Waals surface area (Å²) < 4.78 is 15.7. The van der Waals surface area contributed by atoms with Crippen LogP contribution in [-0.2, 0) is 13.9 Å². The number of hydrogen-bond donors (Lipinski definition) is 5. The van der Waals surface area contributed by atoms with Crippen LogP contribution in [0.15, 0.2) is 0 Å². The highest BCUT2D eigenvalue weighted by Crippen LogP contribution is 2.38. The Balaban J connectivity index is 4.02. The lowest BCUT2D eigenvalue weighted by Crippen LogP contribution is -2.51. The van der Waals surface area contributed by atoms with Gasteiger partial charge in [-0.3, -0.25) is 9.32 Å². The summed E-state index contributed by atoms with van der Waals surface area (Å²) in [6, 6.07) is -1.29. The zero-order chi connectivity index (χ0) is 34.9. The van der Waals surface area contributed by atoms with Crippen LogP contribution in [0.5, 0.6) is 0 Å². The minimum Gasteiger partial charge on any atom is -0.391 e. The Hall–Kier alpha value is -0.500. The summed E-state index contributed by atoms with van der Waals surface area (Å²) in [5, 5.41) is 23.6. The van der Waals surface area contributed by atoms with Crippen molar-refractivity contribution in [1.82, 2.24) is 5.32 Å². The summed E-state index contributed by atoms with van der Waals surface area (Å²) in [5.74, 6) is -0.353. The van der Waals surface area contributed by atoms with Gasteiger partial charge in [-0.15, -0.1) is 0 Å². The Labute approximate surface area is 290 Å². The first kappa shape index (κ1) is 46.5. The van der Waals surface area contributed by atoms with Gasteiger partial charge in [-0.2, -0.15) is 0 Å². The second kappa shape index (κ2) is 34.0. The summed E-state index contributed by atoms with van der Waals surface area (Å²) in [6.07, 6.45) is 34.4. The molecule has 0 rings (SSSR count). The van der Waals surface area contributed by atoms with E-state index < -0.39 is 26.3 Å². The average molecular weight is 692 g/mol. The number of hydrogen-bond acceptors (Lipinski definition) is 5. The predicted molar refractivity (Wildman–Crippen MR) is 196 cm³/mol. The van der Waals surface area contributed by atoms with E-state index in [9.17, 15) is 19.6 Å². The Bertz CT molecular complexity index is 720. The summed E-state index contributed by atoms with van der Waals surface area (Å²) >= 11 is 0.